The van der Waals surface area contributed by atoms with Crippen LogP contribution in [0.5, 0.6) is 0 Å². The summed E-state index contributed by atoms with van der Waals surface area (Å²) in [6.07, 6.45) is 0.287. The standard InChI is InChI=1S/C14H21NO3S/c1-3-19(17)9-8-15-11-13-7-5-4-6-12(13)10-14(16)18-2/h4-7,15H,3,8-11H2,1-2H3. The largest absolute Gasteiger partial charge is 0.469 e. The van der Waals surface area contributed by atoms with Crippen LogP contribution in [0, 0.1) is 0 Å². The lowest BCUT2D eigenvalue weighted by Gasteiger charge is -2.09. The summed E-state index contributed by atoms with van der Waals surface area (Å²) in [6.45, 7) is 3.31. The highest BCUT2D eigenvalue weighted by Gasteiger charge is 2.07. The lowest BCUT2D eigenvalue weighted by Crippen LogP contribution is -2.21. The van der Waals surface area contributed by atoms with E-state index in [1.165, 1.54) is 7.11 Å². The molecule has 1 aromatic rings. The fourth-order valence-electron chi connectivity index (χ4n) is 1.68. The van der Waals surface area contributed by atoms with E-state index in [0.717, 1.165) is 11.1 Å². The van der Waals surface area contributed by atoms with Crippen LogP contribution in [0.2, 0.25) is 0 Å². The molecule has 0 radical (unpaired) electrons. The van der Waals surface area contributed by atoms with Gasteiger partial charge in [-0.05, 0) is 11.1 Å². The Morgan fingerprint density at radius 2 is 2.00 bits per heavy atom. The first-order valence-corrected chi connectivity index (χ1v) is 7.85. The monoisotopic (exact) mass is 283 g/mol. The van der Waals surface area contributed by atoms with Crippen molar-refractivity contribution < 1.29 is 13.7 Å². The third kappa shape index (κ3) is 5.98. The Balaban J connectivity index is 2.48. The van der Waals surface area contributed by atoms with Crippen molar-refractivity contribution in [3.63, 3.8) is 0 Å². The molecule has 0 heterocycles. The summed E-state index contributed by atoms with van der Waals surface area (Å²) in [5.41, 5.74) is 2.05. The first kappa shape index (κ1) is 15.9. The zero-order valence-corrected chi connectivity index (χ0v) is 12.3. The minimum atomic E-state index is -0.737. The zero-order chi connectivity index (χ0) is 14.1. The third-order valence-corrected chi connectivity index (χ3v) is 4.13. The average Bonchev–Trinajstić information content (AvgIpc) is 2.44. The van der Waals surface area contributed by atoms with E-state index in [1.54, 1.807) is 0 Å². The number of ether oxygens (including phenoxy) is 1. The molecule has 0 bridgehead atoms. The highest BCUT2D eigenvalue weighted by molar-refractivity contribution is 7.84. The van der Waals surface area contributed by atoms with Gasteiger partial charge in [0.1, 0.15) is 0 Å². The van der Waals surface area contributed by atoms with E-state index in [-0.39, 0.29) is 12.4 Å². The van der Waals surface area contributed by atoms with Gasteiger partial charge in [0.05, 0.1) is 13.5 Å². The minimum absolute atomic E-state index is 0.237. The van der Waals surface area contributed by atoms with Crippen molar-refractivity contribution in [1.82, 2.24) is 5.32 Å². The molecule has 0 amide bonds. The third-order valence-electron chi connectivity index (χ3n) is 2.82. The normalized spacial score (nSPS) is 12.1. The molecule has 0 saturated carbocycles. The molecule has 0 aliphatic heterocycles. The topological polar surface area (TPSA) is 55.4 Å². The van der Waals surface area contributed by atoms with Gasteiger partial charge in [-0.3, -0.25) is 9.00 Å². The van der Waals surface area contributed by atoms with Crippen LogP contribution in [-0.4, -0.2) is 35.3 Å². The summed E-state index contributed by atoms with van der Waals surface area (Å²) in [4.78, 5) is 11.3. The Labute approximate surface area is 117 Å². The van der Waals surface area contributed by atoms with Crippen LogP contribution >= 0.6 is 0 Å². The summed E-state index contributed by atoms with van der Waals surface area (Å²) < 4.78 is 16.0. The second kappa shape index (κ2) is 8.82. The maximum absolute atomic E-state index is 11.3. The maximum Gasteiger partial charge on any atom is 0.309 e. The van der Waals surface area contributed by atoms with Crippen molar-refractivity contribution in [1.29, 1.82) is 0 Å². The van der Waals surface area contributed by atoms with Crippen molar-refractivity contribution in [2.75, 3.05) is 25.2 Å². The van der Waals surface area contributed by atoms with E-state index < -0.39 is 10.8 Å². The Bertz CT molecular complexity index is 434. The molecule has 1 atom stereocenters. The molecule has 1 N–H and O–H groups in total. The van der Waals surface area contributed by atoms with Gasteiger partial charge >= 0.3 is 5.97 Å². The van der Waals surface area contributed by atoms with Gasteiger partial charge in [0.15, 0.2) is 0 Å². The van der Waals surface area contributed by atoms with Gasteiger partial charge in [0, 0.05) is 35.4 Å². The molecule has 0 aliphatic carbocycles. The van der Waals surface area contributed by atoms with Gasteiger partial charge in [-0.25, -0.2) is 0 Å². The number of carbonyl (C=O) groups is 1. The van der Waals surface area contributed by atoms with Crippen LogP contribution in [0.15, 0.2) is 24.3 Å². The Hall–Kier alpha value is -1.20. The second-order valence-corrected chi connectivity index (χ2v) is 6.00. The molecule has 0 saturated heterocycles. The Morgan fingerprint density at radius 1 is 1.32 bits per heavy atom. The van der Waals surface area contributed by atoms with E-state index in [1.807, 2.05) is 31.2 Å². The zero-order valence-electron chi connectivity index (χ0n) is 11.5. The van der Waals surface area contributed by atoms with Gasteiger partial charge < -0.3 is 10.1 Å². The van der Waals surface area contributed by atoms with Crippen LogP contribution in [0.1, 0.15) is 18.1 Å². The van der Waals surface area contributed by atoms with Gasteiger partial charge in [0.2, 0.25) is 0 Å². The van der Waals surface area contributed by atoms with E-state index in [0.29, 0.717) is 24.6 Å². The van der Waals surface area contributed by atoms with Crippen LogP contribution in [0.3, 0.4) is 0 Å². The predicted molar refractivity (Wildman–Crippen MR) is 77.4 cm³/mol. The average molecular weight is 283 g/mol. The molecule has 0 spiro atoms. The van der Waals surface area contributed by atoms with Gasteiger partial charge in [-0.2, -0.15) is 0 Å². The number of esters is 1. The molecule has 4 nitrogen and oxygen atoms in total. The molecule has 106 valence electrons. The second-order valence-electron chi connectivity index (χ2n) is 4.13. The fourth-order valence-corrected chi connectivity index (χ4v) is 2.34. The first-order valence-electron chi connectivity index (χ1n) is 6.36. The summed E-state index contributed by atoms with van der Waals surface area (Å²) in [6, 6.07) is 7.77. The lowest BCUT2D eigenvalue weighted by atomic mass is 10.0. The molecule has 1 aromatic carbocycles. The van der Waals surface area contributed by atoms with Gasteiger partial charge in [-0.1, -0.05) is 31.2 Å². The smallest absolute Gasteiger partial charge is 0.309 e. The number of methoxy groups -OCH3 is 1. The summed E-state index contributed by atoms with van der Waals surface area (Å²) in [7, 11) is 0.655. The number of benzene rings is 1. The molecule has 0 fully saturated rings. The molecule has 0 aliphatic rings. The number of hydrogen-bond donors (Lipinski definition) is 1. The lowest BCUT2D eigenvalue weighted by molar-refractivity contribution is -0.139. The highest BCUT2D eigenvalue weighted by atomic mass is 32.2. The van der Waals surface area contributed by atoms with Crippen molar-refractivity contribution in [3.8, 4) is 0 Å². The van der Waals surface area contributed by atoms with Gasteiger partial charge in [0.25, 0.3) is 0 Å². The first-order chi connectivity index (χ1) is 9.17. The van der Waals surface area contributed by atoms with Crippen LogP contribution < -0.4 is 5.32 Å². The highest BCUT2D eigenvalue weighted by Crippen LogP contribution is 2.09. The number of hydrogen-bond acceptors (Lipinski definition) is 4. The van der Waals surface area contributed by atoms with Crippen LogP contribution in [0.4, 0.5) is 0 Å². The molecule has 1 unspecified atom stereocenters. The Kier molecular flexibility index (Phi) is 7.36. The van der Waals surface area contributed by atoms with Crippen molar-refractivity contribution >= 4 is 16.8 Å². The van der Waals surface area contributed by atoms with Crippen LogP contribution in [0.25, 0.3) is 0 Å². The quantitative estimate of drug-likeness (QED) is 0.576. The van der Waals surface area contributed by atoms with Crippen molar-refractivity contribution in [2.45, 2.75) is 19.9 Å². The van der Waals surface area contributed by atoms with E-state index in [9.17, 15) is 9.00 Å². The van der Waals surface area contributed by atoms with E-state index in [4.69, 9.17) is 0 Å². The minimum Gasteiger partial charge on any atom is -0.469 e. The number of rotatable bonds is 8. The van der Waals surface area contributed by atoms with Crippen LogP contribution in [-0.2, 0) is 33.3 Å². The van der Waals surface area contributed by atoms with Crippen molar-refractivity contribution in [2.24, 2.45) is 0 Å². The summed E-state index contributed by atoms with van der Waals surface area (Å²) >= 11 is 0. The van der Waals surface area contributed by atoms with E-state index in [2.05, 4.69) is 10.1 Å². The van der Waals surface area contributed by atoms with Gasteiger partial charge in [-0.15, -0.1) is 0 Å². The summed E-state index contributed by atoms with van der Waals surface area (Å²) in [5.74, 6) is 1.12. The predicted octanol–water partition coefficient (Wildman–Crippen LogP) is 1.26. The molecular weight excluding hydrogens is 262 g/mol. The SMILES string of the molecule is CCS(=O)CCNCc1ccccc1CC(=O)OC. The number of nitrogens with one attached hydrogen (secondary N) is 1. The fraction of sp³-hybridized carbons (Fsp3) is 0.500. The summed E-state index contributed by atoms with van der Waals surface area (Å²) in [5, 5.41) is 3.25. The molecular formula is C14H21NO3S. The van der Waals surface area contributed by atoms with Crippen molar-refractivity contribution in [3.05, 3.63) is 35.4 Å². The molecule has 0 aromatic heterocycles. The maximum atomic E-state index is 11.3. The Morgan fingerprint density at radius 3 is 2.63 bits per heavy atom. The molecule has 1 rings (SSSR count). The molecule has 19 heavy (non-hydrogen) atoms. The van der Waals surface area contributed by atoms with E-state index >= 15 is 0 Å². The molecule has 5 heteroatoms. The number of carbonyl (C=O) groups excluding carboxylic acids is 1.